The molecule has 0 aliphatic heterocycles. The zero-order valence-electron chi connectivity index (χ0n) is 13.7. The van der Waals surface area contributed by atoms with Crippen LogP contribution in [0.2, 0.25) is 0 Å². The smallest absolute Gasteiger partial charge is 0.200 e. The average molecular weight is 330 g/mol. The summed E-state index contributed by atoms with van der Waals surface area (Å²) in [5.74, 6) is 0.616. The van der Waals surface area contributed by atoms with E-state index < -0.39 is 0 Å². The van der Waals surface area contributed by atoms with Gasteiger partial charge in [0, 0.05) is 7.05 Å². The zero-order chi connectivity index (χ0) is 17.0. The van der Waals surface area contributed by atoms with Crippen LogP contribution in [0.1, 0.15) is 5.69 Å². The molecule has 4 heterocycles. The number of hydrogen-bond donors (Lipinski definition) is 0. The Morgan fingerprint density at radius 2 is 1.84 bits per heavy atom. The predicted molar refractivity (Wildman–Crippen MR) is 92.3 cm³/mol. The highest BCUT2D eigenvalue weighted by Crippen LogP contribution is 2.22. The molecule has 4 aromatic heterocycles. The second-order valence-corrected chi connectivity index (χ2v) is 5.87. The Labute approximate surface area is 142 Å². The maximum Gasteiger partial charge on any atom is 0.200 e. The Kier molecular flexibility index (Phi) is 2.75. The maximum atomic E-state index is 4.69. The monoisotopic (exact) mass is 330 g/mol. The lowest BCUT2D eigenvalue weighted by atomic mass is 10.3. The average Bonchev–Trinajstić information content (AvgIpc) is 3.30. The van der Waals surface area contributed by atoms with Crippen molar-refractivity contribution in [1.82, 2.24) is 39.1 Å². The van der Waals surface area contributed by atoms with E-state index in [1.54, 1.807) is 26.4 Å². The number of benzene rings is 1. The number of hydrogen-bond acceptors (Lipinski definition) is 5. The number of para-hydroxylation sites is 1. The van der Waals surface area contributed by atoms with E-state index in [2.05, 4.69) is 25.3 Å². The van der Waals surface area contributed by atoms with E-state index in [0.29, 0.717) is 5.82 Å². The quantitative estimate of drug-likeness (QED) is 0.496. The fourth-order valence-corrected chi connectivity index (χ4v) is 3.01. The van der Waals surface area contributed by atoms with Crippen LogP contribution in [0.5, 0.6) is 0 Å². The molecule has 8 nitrogen and oxygen atoms in total. The summed E-state index contributed by atoms with van der Waals surface area (Å²) < 4.78 is 5.26. The van der Waals surface area contributed by atoms with Crippen LogP contribution in [-0.2, 0) is 7.05 Å². The fourth-order valence-electron chi connectivity index (χ4n) is 3.01. The highest BCUT2D eigenvalue weighted by molar-refractivity contribution is 5.89. The van der Waals surface area contributed by atoms with E-state index in [9.17, 15) is 0 Å². The Morgan fingerprint density at radius 3 is 2.60 bits per heavy atom. The molecule has 0 radical (unpaired) electrons. The van der Waals surface area contributed by atoms with E-state index in [-0.39, 0.29) is 0 Å². The molecule has 0 bridgehead atoms. The van der Waals surface area contributed by atoms with Crippen LogP contribution in [0, 0.1) is 6.92 Å². The summed E-state index contributed by atoms with van der Waals surface area (Å²) >= 11 is 0. The summed E-state index contributed by atoms with van der Waals surface area (Å²) in [5.41, 5.74) is 4.22. The summed E-state index contributed by atoms with van der Waals surface area (Å²) in [4.78, 5) is 9.21. The van der Waals surface area contributed by atoms with Crippen molar-refractivity contribution in [2.24, 2.45) is 7.05 Å². The molecule has 1 aromatic carbocycles. The van der Waals surface area contributed by atoms with E-state index >= 15 is 0 Å². The minimum atomic E-state index is 0.616. The third-order valence-electron chi connectivity index (χ3n) is 4.14. The summed E-state index contributed by atoms with van der Waals surface area (Å²) in [7, 11) is 1.88. The molecule has 0 unspecified atom stereocenters. The number of rotatable bonds is 2. The van der Waals surface area contributed by atoms with E-state index in [0.717, 1.165) is 33.8 Å². The lowest BCUT2D eigenvalue weighted by Gasteiger charge is -2.01. The first-order valence-electron chi connectivity index (χ1n) is 7.86. The van der Waals surface area contributed by atoms with Crippen LogP contribution in [-0.4, -0.2) is 39.1 Å². The van der Waals surface area contributed by atoms with Gasteiger partial charge in [0.05, 0.1) is 23.0 Å². The molecule has 5 aromatic rings. The summed E-state index contributed by atoms with van der Waals surface area (Å²) in [6.45, 7) is 1.95. The largest absolute Gasteiger partial charge is 0.264 e. The molecule has 122 valence electrons. The molecule has 0 aliphatic rings. The van der Waals surface area contributed by atoms with Gasteiger partial charge in [0.25, 0.3) is 0 Å². The molecule has 0 saturated heterocycles. The zero-order valence-corrected chi connectivity index (χ0v) is 13.7. The Balaban J connectivity index is 1.74. The summed E-state index contributed by atoms with van der Waals surface area (Å²) in [5, 5.41) is 14.2. The van der Waals surface area contributed by atoms with Gasteiger partial charge >= 0.3 is 0 Å². The molecule has 0 spiro atoms. The third-order valence-corrected chi connectivity index (χ3v) is 4.14. The number of nitrogens with zero attached hydrogens (tertiary/aromatic N) is 8. The van der Waals surface area contributed by atoms with Gasteiger partial charge < -0.3 is 0 Å². The predicted octanol–water partition coefficient (Wildman–Crippen LogP) is 2.17. The lowest BCUT2D eigenvalue weighted by Crippen LogP contribution is -1.98. The van der Waals surface area contributed by atoms with Crippen molar-refractivity contribution in [1.29, 1.82) is 0 Å². The van der Waals surface area contributed by atoms with Gasteiger partial charge in [-0.1, -0.05) is 18.2 Å². The Hall–Kier alpha value is -3.55. The van der Waals surface area contributed by atoms with E-state index in [4.69, 9.17) is 0 Å². The lowest BCUT2D eigenvalue weighted by molar-refractivity contribution is 0.758. The van der Waals surface area contributed by atoms with Crippen molar-refractivity contribution < 1.29 is 0 Å². The maximum absolute atomic E-state index is 4.69. The topological polar surface area (TPSA) is 78.7 Å². The first-order valence-corrected chi connectivity index (χ1v) is 7.86. The highest BCUT2D eigenvalue weighted by atomic mass is 15.4. The molecule has 8 heteroatoms. The van der Waals surface area contributed by atoms with Gasteiger partial charge in [-0.15, -0.1) is 5.10 Å². The van der Waals surface area contributed by atoms with Crippen molar-refractivity contribution in [2.45, 2.75) is 6.92 Å². The first kappa shape index (κ1) is 13.8. The molecule has 0 atom stereocenters. The van der Waals surface area contributed by atoms with Crippen LogP contribution in [0.4, 0.5) is 0 Å². The SMILES string of the molecule is Cc1cc(-c2nc3c4cnn(-c5ccccc5)c4ncn3n2)n(C)n1. The van der Waals surface area contributed by atoms with Crippen molar-refractivity contribution >= 4 is 16.7 Å². The minimum Gasteiger partial charge on any atom is -0.264 e. The van der Waals surface area contributed by atoms with Crippen LogP contribution < -0.4 is 0 Å². The fraction of sp³-hybridized carbons (Fsp3) is 0.118. The summed E-state index contributed by atoms with van der Waals surface area (Å²) in [6, 6.07) is 11.9. The van der Waals surface area contributed by atoms with E-state index in [1.165, 1.54) is 0 Å². The normalized spacial score (nSPS) is 11.6. The van der Waals surface area contributed by atoms with Crippen molar-refractivity contribution in [3.05, 3.63) is 54.6 Å². The summed E-state index contributed by atoms with van der Waals surface area (Å²) in [6.07, 6.45) is 3.44. The van der Waals surface area contributed by atoms with Gasteiger partial charge in [-0.25, -0.2) is 19.2 Å². The van der Waals surface area contributed by atoms with Gasteiger partial charge in [-0.05, 0) is 25.1 Å². The number of aryl methyl sites for hydroxylation is 2. The van der Waals surface area contributed by atoms with Gasteiger partial charge in [-0.3, -0.25) is 4.68 Å². The van der Waals surface area contributed by atoms with Crippen molar-refractivity contribution in [2.75, 3.05) is 0 Å². The molecular weight excluding hydrogens is 316 g/mol. The Morgan fingerprint density at radius 1 is 1.00 bits per heavy atom. The second kappa shape index (κ2) is 4.97. The van der Waals surface area contributed by atoms with Gasteiger partial charge in [0.1, 0.15) is 12.0 Å². The molecule has 5 rings (SSSR count). The van der Waals surface area contributed by atoms with Gasteiger partial charge in [0.15, 0.2) is 17.1 Å². The molecule has 0 amide bonds. The highest BCUT2D eigenvalue weighted by Gasteiger charge is 2.16. The third kappa shape index (κ3) is 2.04. The molecular formula is C17H14N8. The van der Waals surface area contributed by atoms with Crippen molar-refractivity contribution in [3.63, 3.8) is 0 Å². The molecule has 25 heavy (non-hydrogen) atoms. The van der Waals surface area contributed by atoms with E-state index in [1.807, 2.05) is 50.4 Å². The van der Waals surface area contributed by atoms with Crippen LogP contribution >= 0.6 is 0 Å². The van der Waals surface area contributed by atoms with Crippen LogP contribution in [0.15, 0.2) is 48.9 Å². The Bertz CT molecular complexity index is 1210. The second-order valence-electron chi connectivity index (χ2n) is 5.87. The van der Waals surface area contributed by atoms with Gasteiger partial charge in [-0.2, -0.15) is 10.2 Å². The molecule has 0 N–H and O–H groups in total. The number of aromatic nitrogens is 8. The molecule has 0 saturated carbocycles. The molecule has 0 fully saturated rings. The van der Waals surface area contributed by atoms with Gasteiger partial charge in [0.2, 0.25) is 0 Å². The molecule has 0 aliphatic carbocycles. The number of fused-ring (bicyclic) bond motifs is 3. The minimum absolute atomic E-state index is 0.616. The first-order chi connectivity index (χ1) is 12.2. The van der Waals surface area contributed by atoms with Crippen LogP contribution in [0.3, 0.4) is 0 Å². The van der Waals surface area contributed by atoms with Crippen LogP contribution in [0.25, 0.3) is 33.9 Å². The van der Waals surface area contributed by atoms with Crippen molar-refractivity contribution in [3.8, 4) is 17.2 Å². The standard InChI is InChI=1S/C17H14N8/c1-11-8-14(23(2)21-11)15-20-17-13-9-19-25(12-6-4-3-5-7-12)16(13)18-10-24(17)22-15/h3-10H,1-2H3.